The van der Waals surface area contributed by atoms with E-state index in [4.69, 9.17) is 21.4 Å². The van der Waals surface area contributed by atoms with Gasteiger partial charge in [0.25, 0.3) is 0 Å². The lowest BCUT2D eigenvalue weighted by molar-refractivity contribution is 0.114. The van der Waals surface area contributed by atoms with Crippen LogP contribution in [-0.4, -0.2) is 71.6 Å². The Balaban J connectivity index is 0.000000422. The van der Waals surface area contributed by atoms with Gasteiger partial charge in [0, 0.05) is 55.9 Å². The molecule has 10 nitrogen and oxygen atoms in total. The van der Waals surface area contributed by atoms with Crippen LogP contribution in [0.4, 0.5) is 5.69 Å². The maximum absolute atomic E-state index is 10.1. The van der Waals surface area contributed by atoms with Gasteiger partial charge in [0.15, 0.2) is 0 Å². The second-order valence-electron chi connectivity index (χ2n) is 9.79. The number of nitrogens with one attached hydrogen (secondary N) is 2. The molecule has 0 radical (unpaired) electrons. The Bertz CT molecular complexity index is 1080. The molecule has 2 aliphatic heterocycles. The van der Waals surface area contributed by atoms with E-state index >= 15 is 0 Å². The fraction of sp³-hybridized carbons (Fsp3) is 0.500. The normalized spacial score (nSPS) is 18.5. The summed E-state index contributed by atoms with van der Waals surface area (Å²) in [6, 6.07) is 11.1. The summed E-state index contributed by atoms with van der Waals surface area (Å²) in [6.45, 7) is 9.28. The minimum absolute atomic E-state index is 0.0266. The summed E-state index contributed by atoms with van der Waals surface area (Å²) in [5, 5.41) is 22.2. The monoisotopic (exact) mass is 553 g/mol. The Morgan fingerprint density at radius 1 is 1.07 bits per heavy atom. The Morgan fingerprint density at radius 3 is 2.33 bits per heavy atom. The zero-order valence-corrected chi connectivity index (χ0v) is 23.9. The van der Waals surface area contributed by atoms with Gasteiger partial charge in [-0.2, -0.15) is 0 Å². The van der Waals surface area contributed by atoms with E-state index in [1.807, 2.05) is 44.3 Å². The Labute approximate surface area is 238 Å². The number of nitrogens with two attached hydrogens (primary N) is 2. The first kappa shape index (κ1) is 31.1. The number of aromatic hydroxyl groups is 1. The number of para-hydroxylation sites is 1. The number of hydrogen-bond acceptors (Lipinski definition) is 10. The van der Waals surface area contributed by atoms with Crippen LogP contribution >= 0.6 is 0 Å². The van der Waals surface area contributed by atoms with Gasteiger partial charge >= 0.3 is 0 Å². The molecule has 40 heavy (non-hydrogen) atoms. The highest BCUT2D eigenvalue weighted by Crippen LogP contribution is 2.28. The highest BCUT2D eigenvalue weighted by atomic mass is 16.5. The van der Waals surface area contributed by atoms with Gasteiger partial charge in [-0.15, -0.1) is 0 Å². The Hall–Kier alpha value is -3.47. The molecule has 1 aliphatic carbocycles. The van der Waals surface area contributed by atoms with E-state index in [-0.39, 0.29) is 11.9 Å². The average Bonchev–Trinajstić information content (AvgIpc) is 2.98. The summed E-state index contributed by atoms with van der Waals surface area (Å²) >= 11 is 0. The SMILES string of the molecule is CC.N/C=C(\C=C(/NN)c1ccccc1O)N1CCN(c2ccnc(OC3CCC3)c2)CC1.OC1CCNCC1. The maximum Gasteiger partial charge on any atom is 0.215 e. The number of aliphatic hydroxyl groups is 1. The van der Waals surface area contributed by atoms with Gasteiger partial charge in [0.2, 0.25) is 5.88 Å². The van der Waals surface area contributed by atoms with Crippen molar-refractivity contribution in [2.75, 3.05) is 44.2 Å². The lowest BCUT2D eigenvalue weighted by atomic mass is 9.96. The molecule has 220 valence electrons. The second kappa shape index (κ2) is 16.6. The first-order valence-electron chi connectivity index (χ1n) is 14.5. The fourth-order valence-corrected chi connectivity index (χ4v) is 4.64. The highest BCUT2D eigenvalue weighted by Gasteiger charge is 2.22. The number of pyridine rings is 1. The van der Waals surface area contributed by atoms with E-state index in [9.17, 15) is 5.11 Å². The van der Waals surface area contributed by atoms with Gasteiger partial charge in [0.1, 0.15) is 11.9 Å². The zero-order valence-electron chi connectivity index (χ0n) is 23.9. The van der Waals surface area contributed by atoms with Crippen molar-refractivity contribution in [2.24, 2.45) is 11.6 Å². The van der Waals surface area contributed by atoms with E-state index in [1.165, 1.54) is 6.42 Å². The summed E-state index contributed by atoms with van der Waals surface area (Å²) < 4.78 is 5.95. The maximum atomic E-state index is 10.1. The van der Waals surface area contributed by atoms with Crippen molar-refractivity contribution in [1.29, 1.82) is 0 Å². The number of hydrazine groups is 1. The standard InChI is InChI=1S/C23H30N6O2.C5H11NO.C2H6/c24-16-18(14-21(27-25)20-6-1-2-7-22(20)30)29-12-10-28(11-13-29)17-8-9-26-23(15-17)31-19-4-3-5-19;7-5-1-3-6-4-2-5;1-2/h1-2,6-9,14-16,19,27,30H,3-5,10-13,24-25H2;5-7H,1-4H2;1-2H3/b18-16+,21-14-;;. The molecule has 1 aromatic heterocycles. The van der Waals surface area contributed by atoms with Crippen LogP contribution < -0.4 is 32.0 Å². The van der Waals surface area contributed by atoms with E-state index in [0.29, 0.717) is 23.2 Å². The van der Waals surface area contributed by atoms with Crippen molar-refractivity contribution in [3.63, 3.8) is 0 Å². The minimum atomic E-state index is -0.0266. The van der Waals surface area contributed by atoms with Crippen molar-refractivity contribution in [2.45, 2.75) is 58.2 Å². The van der Waals surface area contributed by atoms with E-state index in [2.05, 4.69) is 25.5 Å². The van der Waals surface area contributed by atoms with Gasteiger partial charge in [-0.1, -0.05) is 26.0 Å². The van der Waals surface area contributed by atoms with Crippen molar-refractivity contribution in [3.05, 3.63) is 66.1 Å². The minimum Gasteiger partial charge on any atom is -0.507 e. The molecule has 5 rings (SSSR count). The van der Waals surface area contributed by atoms with Crippen LogP contribution in [0.2, 0.25) is 0 Å². The molecule has 10 heteroatoms. The summed E-state index contributed by atoms with van der Waals surface area (Å²) in [6.07, 6.45) is 10.9. The van der Waals surface area contributed by atoms with Gasteiger partial charge in [0.05, 0.1) is 17.5 Å². The summed E-state index contributed by atoms with van der Waals surface area (Å²) in [7, 11) is 0. The molecular formula is C30H47N7O3. The molecule has 3 heterocycles. The first-order chi connectivity index (χ1) is 19.6. The summed E-state index contributed by atoms with van der Waals surface area (Å²) in [5.74, 6) is 6.59. The predicted molar refractivity (Wildman–Crippen MR) is 161 cm³/mol. The van der Waals surface area contributed by atoms with Crippen LogP contribution in [0.25, 0.3) is 5.70 Å². The number of ether oxygens (including phenoxy) is 1. The van der Waals surface area contributed by atoms with Gasteiger partial charge < -0.3 is 41.2 Å². The highest BCUT2D eigenvalue weighted by molar-refractivity contribution is 5.70. The molecule has 3 fully saturated rings. The van der Waals surface area contributed by atoms with Crippen LogP contribution in [0.15, 0.2) is 60.6 Å². The van der Waals surface area contributed by atoms with Gasteiger partial charge in [-0.25, -0.2) is 4.98 Å². The number of hydrogen-bond donors (Lipinski definition) is 6. The molecule has 2 saturated heterocycles. The number of phenols is 1. The molecule has 0 spiro atoms. The van der Waals surface area contributed by atoms with Crippen LogP contribution in [0.3, 0.4) is 0 Å². The Morgan fingerprint density at radius 2 is 1.77 bits per heavy atom. The number of piperazine rings is 1. The predicted octanol–water partition coefficient (Wildman–Crippen LogP) is 2.90. The third-order valence-electron chi connectivity index (χ3n) is 7.19. The lowest BCUT2D eigenvalue weighted by Gasteiger charge is -2.38. The number of benzene rings is 1. The number of piperidine rings is 1. The number of phenolic OH excluding ortho intramolecular Hbond substituents is 1. The number of nitrogens with zero attached hydrogens (tertiary/aromatic N) is 3. The molecule has 1 aromatic carbocycles. The number of aromatic nitrogens is 1. The van der Waals surface area contributed by atoms with Crippen molar-refractivity contribution in [3.8, 4) is 11.6 Å². The molecule has 0 atom stereocenters. The Kier molecular flexibility index (Phi) is 12.9. The van der Waals surface area contributed by atoms with Crippen LogP contribution in [0, 0.1) is 0 Å². The lowest BCUT2D eigenvalue weighted by Crippen LogP contribution is -2.46. The second-order valence-corrected chi connectivity index (χ2v) is 9.79. The topological polar surface area (TPSA) is 145 Å². The third-order valence-corrected chi connectivity index (χ3v) is 7.19. The number of anilines is 1. The largest absolute Gasteiger partial charge is 0.507 e. The molecule has 3 aliphatic rings. The van der Waals surface area contributed by atoms with E-state index < -0.39 is 0 Å². The van der Waals surface area contributed by atoms with Crippen molar-refractivity contribution >= 4 is 11.4 Å². The molecule has 1 saturated carbocycles. The van der Waals surface area contributed by atoms with Crippen molar-refractivity contribution < 1.29 is 14.9 Å². The molecular weight excluding hydrogens is 506 g/mol. The van der Waals surface area contributed by atoms with Crippen LogP contribution in [0.1, 0.15) is 51.5 Å². The smallest absolute Gasteiger partial charge is 0.215 e. The fourth-order valence-electron chi connectivity index (χ4n) is 4.64. The molecule has 8 N–H and O–H groups in total. The number of rotatable bonds is 7. The van der Waals surface area contributed by atoms with Crippen LogP contribution in [0.5, 0.6) is 11.6 Å². The molecule has 0 amide bonds. The van der Waals surface area contributed by atoms with E-state index in [0.717, 1.165) is 76.3 Å². The third kappa shape index (κ3) is 9.04. The quantitative estimate of drug-likeness (QED) is 0.172. The molecule has 2 aromatic rings. The summed E-state index contributed by atoms with van der Waals surface area (Å²) in [5.41, 5.74) is 11.8. The van der Waals surface area contributed by atoms with Gasteiger partial charge in [-0.3, -0.25) is 5.84 Å². The number of aliphatic hydroxyl groups excluding tert-OH is 1. The number of allylic oxidation sites excluding steroid dienone is 1. The first-order valence-corrected chi connectivity index (χ1v) is 14.5. The van der Waals surface area contributed by atoms with E-state index in [1.54, 1.807) is 24.4 Å². The van der Waals surface area contributed by atoms with Crippen molar-refractivity contribution in [1.82, 2.24) is 20.6 Å². The molecule has 0 bridgehead atoms. The molecule has 0 unspecified atom stereocenters. The summed E-state index contributed by atoms with van der Waals surface area (Å²) in [4.78, 5) is 8.90. The van der Waals surface area contributed by atoms with Gasteiger partial charge in [-0.05, 0) is 69.5 Å². The average molecular weight is 554 g/mol. The zero-order chi connectivity index (χ0) is 28.7. The van der Waals surface area contributed by atoms with Crippen LogP contribution in [-0.2, 0) is 0 Å².